The van der Waals surface area contributed by atoms with Gasteiger partial charge in [-0.2, -0.15) is 0 Å². The normalized spacial score (nSPS) is 11.3. The highest BCUT2D eigenvalue weighted by Gasteiger charge is 2.11. The summed E-state index contributed by atoms with van der Waals surface area (Å²) in [5.74, 6) is 0. The molecule has 0 fully saturated rings. The number of aliphatic hydroxyl groups excluding tert-OH is 2. The number of hydrogen-bond donors (Lipinski definition) is 3. The van der Waals surface area contributed by atoms with E-state index in [1.165, 1.54) is 0 Å². The highest BCUT2D eigenvalue weighted by molar-refractivity contribution is 6.06. The van der Waals surface area contributed by atoms with Crippen molar-refractivity contribution in [2.75, 3.05) is 36.9 Å². The number of hydrogen-bond acceptors (Lipinski definition) is 5. The number of nitrogen functional groups attached to an aromatic ring is 1. The van der Waals surface area contributed by atoms with Gasteiger partial charge in [0.1, 0.15) is 11.2 Å². The fourth-order valence-corrected chi connectivity index (χ4v) is 2.59. The van der Waals surface area contributed by atoms with E-state index in [2.05, 4.69) is 0 Å². The van der Waals surface area contributed by atoms with Crippen molar-refractivity contribution in [1.29, 1.82) is 0 Å². The van der Waals surface area contributed by atoms with Gasteiger partial charge in [-0.15, -0.1) is 0 Å². The number of rotatable bonds is 5. The zero-order valence-electron chi connectivity index (χ0n) is 11.6. The number of anilines is 2. The molecule has 21 heavy (non-hydrogen) atoms. The molecule has 2 aromatic carbocycles. The molecule has 3 aromatic rings. The van der Waals surface area contributed by atoms with Gasteiger partial charge < -0.3 is 25.3 Å². The van der Waals surface area contributed by atoms with Crippen molar-refractivity contribution in [2.45, 2.75) is 0 Å². The lowest BCUT2D eigenvalue weighted by Crippen LogP contribution is -2.29. The van der Waals surface area contributed by atoms with E-state index < -0.39 is 0 Å². The Morgan fingerprint density at radius 2 is 1.52 bits per heavy atom. The fraction of sp³-hybridized carbons (Fsp3) is 0.250. The van der Waals surface area contributed by atoms with Crippen LogP contribution in [0.3, 0.4) is 0 Å². The van der Waals surface area contributed by atoms with Crippen LogP contribution in [0.1, 0.15) is 0 Å². The van der Waals surface area contributed by atoms with Gasteiger partial charge in [-0.05, 0) is 24.3 Å². The van der Waals surface area contributed by atoms with E-state index in [0.29, 0.717) is 18.8 Å². The third-order valence-corrected chi connectivity index (χ3v) is 3.59. The quantitative estimate of drug-likeness (QED) is 0.625. The van der Waals surface area contributed by atoms with E-state index in [4.69, 9.17) is 20.4 Å². The Labute approximate surface area is 122 Å². The molecule has 5 heteroatoms. The summed E-state index contributed by atoms with van der Waals surface area (Å²) >= 11 is 0. The summed E-state index contributed by atoms with van der Waals surface area (Å²) in [6.07, 6.45) is 0. The molecule has 0 amide bonds. The number of nitrogens with zero attached hydrogens (tertiary/aromatic N) is 1. The minimum Gasteiger partial charge on any atom is -0.456 e. The number of benzene rings is 2. The molecular formula is C16H18N2O3. The third-order valence-electron chi connectivity index (χ3n) is 3.59. The maximum atomic E-state index is 9.12. The molecule has 0 spiro atoms. The monoisotopic (exact) mass is 286 g/mol. The maximum Gasteiger partial charge on any atom is 0.137 e. The minimum atomic E-state index is 0.0364. The average Bonchev–Trinajstić information content (AvgIpc) is 2.83. The zero-order valence-corrected chi connectivity index (χ0v) is 11.6. The van der Waals surface area contributed by atoms with Crippen molar-refractivity contribution in [3.8, 4) is 0 Å². The molecule has 0 bridgehead atoms. The molecule has 0 saturated heterocycles. The molecule has 0 aliphatic heterocycles. The van der Waals surface area contributed by atoms with Crippen LogP contribution in [-0.4, -0.2) is 36.5 Å². The van der Waals surface area contributed by atoms with Gasteiger partial charge in [-0.25, -0.2) is 0 Å². The minimum absolute atomic E-state index is 0.0364. The molecule has 1 heterocycles. The second-order valence-corrected chi connectivity index (χ2v) is 4.97. The van der Waals surface area contributed by atoms with Crippen molar-refractivity contribution in [1.82, 2.24) is 0 Å². The van der Waals surface area contributed by atoms with Crippen LogP contribution in [0.5, 0.6) is 0 Å². The largest absolute Gasteiger partial charge is 0.456 e. The second kappa shape index (κ2) is 5.63. The summed E-state index contributed by atoms with van der Waals surface area (Å²) in [6, 6.07) is 11.5. The number of fused-ring (bicyclic) bond motifs is 3. The molecule has 4 N–H and O–H groups in total. The van der Waals surface area contributed by atoms with Crippen LogP contribution in [0.15, 0.2) is 40.8 Å². The first-order valence-corrected chi connectivity index (χ1v) is 6.91. The van der Waals surface area contributed by atoms with E-state index >= 15 is 0 Å². The predicted octanol–water partition coefficient (Wildman–Crippen LogP) is 1.96. The van der Waals surface area contributed by atoms with Crippen LogP contribution >= 0.6 is 0 Å². The third kappa shape index (κ3) is 2.53. The van der Waals surface area contributed by atoms with Crippen molar-refractivity contribution in [2.24, 2.45) is 0 Å². The lowest BCUT2D eigenvalue weighted by molar-refractivity contribution is 0.281. The number of furan rings is 1. The van der Waals surface area contributed by atoms with Crippen molar-refractivity contribution in [3.05, 3.63) is 36.4 Å². The predicted molar refractivity (Wildman–Crippen MR) is 84.5 cm³/mol. The Bertz CT molecular complexity index is 761. The SMILES string of the molecule is Nc1ccc2c(c1)oc1cc(N(CCO)CCO)ccc12. The second-order valence-electron chi connectivity index (χ2n) is 4.97. The summed E-state index contributed by atoms with van der Waals surface area (Å²) in [5.41, 5.74) is 8.90. The van der Waals surface area contributed by atoms with Gasteiger partial charge in [0.05, 0.1) is 13.2 Å². The molecule has 0 aliphatic carbocycles. The van der Waals surface area contributed by atoms with Crippen LogP contribution in [-0.2, 0) is 0 Å². The average molecular weight is 286 g/mol. The van der Waals surface area contributed by atoms with Gasteiger partial charge in [-0.3, -0.25) is 0 Å². The Morgan fingerprint density at radius 1 is 0.905 bits per heavy atom. The van der Waals surface area contributed by atoms with Crippen LogP contribution in [0.4, 0.5) is 11.4 Å². The smallest absolute Gasteiger partial charge is 0.137 e. The van der Waals surface area contributed by atoms with E-state index in [1.54, 1.807) is 0 Å². The molecule has 0 unspecified atom stereocenters. The lowest BCUT2D eigenvalue weighted by atomic mass is 10.1. The molecule has 0 atom stereocenters. The van der Waals surface area contributed by atoms with Crippen LogP contribution < -0.4 is 10.6 Å². The van der Waals surface area contributed by atoms with Gasteiger partial charge in [0.2, 0.25) is 0 Å². The summed E-state index contributed by atoms with van der Waals surface area (Å²) in [5, 5.41) is 20.3. The topological polar surface area (TPSA) is 82.9 Å². The molecule has 110 valence electrons. The van der Waals surface area contributed by atoms with E-state index in [0.717, 1.165) is 27.6 Å². The van der Waals surface area contributed by atoms with Crippen LogP contribution in [0, 0.1) is 0 Å². The molecule has 3 rings (SSSR count). The van der Waals surface area contributed by atoms with Gasteiger partial charge in [0.15, 0.2) is 0 Å². The highest BCUT2D eigenvalue weighted by atomic mass is 16.3. The van der Waals surface area contributed by atoms with Crippen LogP contribution in [0.2, 0.25) is 0 Å². The molecule has 1 aromatic heterocycles. The van der Waals surface area contributed by atoms with Gasteiger partial charge in [-0.1, -0.05) is 0 Å². The van der Waals surface area contributed by atoms with Crippen molar-refractivity contribution >= 4 is 33.3 Å². The Hall–Kier alpha value is -2.24. The van der Waals surface area contributed by atoms with E-state index in [1.807, 2.05) is 41.3 Å². The van der Waals surface area contributed by atoms with Crippen molar-refractivity contribution < 1.29 is 14.6 Å². The first kappa shape index (κ1) is 13.7. The summed E-state index contributed by atoms with van der Waals surface area (Å²) in [7, 11) is 0. The number of aliphatic hydroxyl groups is 2. The standard InChI is InChI=1S/C16H18N2O3/c17-11-1-3-13-14-4-2-12(18(5-7-19)6-8-20)10-16(14)21-15(13)9-11/h1-4,9-10,19-20H,5-8,17H2. The molecule has 0 radical (unpaired) electrons. The summed E-state index contributed by atoms with van der Waals surface area (Å²) in [4.78, 5) is 1.92. The summed E-state index contributed by atoms with van der Waals surface area (Å²) < 4.78 is 5.85. The molecule has 5 nitrogen and oxygen atoms in total. The first-order chi connectivity index (χ1) is 10.2. The van der Waals surface area contributed by atoms with Crippen LogP contribution in [0.25, 0.3) is 21.9 Å². The first-order valence-electron chi connectivity index (χ1n) is 6.91. The fourth-order valence-electron chi connectivity index (χ4n) is 2.59. The summed E-state index contributed by atoms with van der Waals surface area (Å²) in [6.45, 7) is 1.02. The zero-order chi connectivity index (χ0) is 14.8. The maximum absolute atomic E-state index is 9.12. The van der Waals surface area contributed by atoms with E-state index in [9.17, 15) is 0 Å². The van der Waals surface area contributed by atoms with E-state index in [-0.39, 0.29) is 13.2 Å². The Kier molecular flexibility index (Phi) is 3.68. The molecule has 0 saturated carbocycles. The Morgan fingerprint density at radius 3 is 2.19 bits per heavy atom. The molecule has 0 aliphatic rings. The number of nitrogens with two attached hydrogens (primary N) is 1. The molecular weight excluding hydrogens is 268 g/mol. The lowest BCUT2D eigenvalue weighted by Gasteiger charge is -2.22. The van der Waals surface area contributed by atoms with Gasteiger partial charge in [0.25, 0.3) is 0 Å². The van der Waals surface area contributed by atoms with Crippen molar-refractivity contribution in [3.63, 3.8) is 0 Å². The Balaban J connectivity index is 2.08. The van der Waals surface area contributed by atoms with Gasteiger partial charge >= 0.3 is 0 Å². The highest BCUT2D eigenvalue weighted by Crippen LogP contribution is 2.32. The van der Waals surface area contributed by atoms with Gasteiger partial charge in [0, 0.05) is 47.4 Å².